The maximum Gasteiger partial charge on any atom is 0.0400 e. The van der Waals surface area contributed by atoms with E-state index >= 15 is 0 Å². The molecule has 0 saturated heterocycles. The van der Waals surface area contributed by atoms with Crippen LogP contribution in [0.4, 0.5) is 5.69 Å². The van der Waals surface area contributed by atoms with Crippen LogP contribution in [-0.4, -0.2) is 0 Å². The second-order valence-electron chi connectivity index (χ2n) is 4.51. The molecule has 0 amide bonds. The second kappa shape index (κ2) is 3.76. The topological polar surface area (TPSA) is 26.0 Å². The smallest absolute Gasteiger partial charge is 0.0400 e. The molecular weight excluding hydrogens is 242 g/mol. The van der Waals surface area contributed by atoms with Crippen molar-refractivity contribution in [3.63, 3.8) is 0 Å². The SMILES string of the molecule is Cl.Nc1cc2cccc3ccc4cccc1c4c32. The van der Waals surface area contributed by atoms with E-state index in [1.54, 1.807) is 0 Å². The fraction of sp³-hybridized carbons (Fsp3) is 0. The summed E-state index contributed by atoms with van der Waals surface area (Å²) in [6.07, 6.45) is 0. The molecule has 0 unspecified atom stereocenters. The highest BCUT2D eigenvalue weighted by atomic mass is 35.5. The summed E-state index contributed by atoms with van der Waals surface area (Å²) in [5.74, 6) is 0. The van der Waals surface area contributed by atoms with Crippen LogP contribution in [-0.2, 0) is 0 Å². The first-order valence-corrected chi connectivity index (χ1v) is 5.76. The van der Waals surface area contributed by atoms with Crippen LogP contribution in [0.3, 0.4) is 0 Å². The van der Waals surface area contributed by atoms with Gasteiger partial charge in [0.2, 0.25) is 0 Å². The number of nitrogens with two attached hydrogens (primary N) is 1. The van der Waals surface area contributed by atoms with Gasteiger partial charge in [0.15, 0.2) is 0 Å². The lowest BCUT2D eigenvalue weighted by atomic mass is 9.93. The third-order valence-corrected chi connectivity index (χ3v) is 3.54. The third kappa shape index (κ3) is 1.28. The van der Waals surface area contributed by atoms with E-state index in [4.69, 9.17) is 5.73 Å². The standard InChI is InChI=1S/C16H11N.ClH/c17-14-9-12-5-1-3-10-7-8-11-4-2-6-13(14)16(11)15(10)12;/h1-9H,17H2;1H. The van der Waals surface area contributed by atoms with E-state index in [0.717, 1.165) is 11.1 Å². The van der Waals surface area contributed by atoms with Crippen molar-refractivity contribution in [2.45, 2.75) is 0 Å². The largest absolute Gasteiger partial charge is 0.398 e. The van der Waals surface area contributed by atoms with E-state index in [0.29, 0.717) is 0 Å². The predicted molar refractivity (Wildman–Crippen MR) is 81.8 cm³/mol. The van der Waals surface area contributed by atoms with E-state index in [-0.39, 0.29) is 12.4 Å². The maximum atomic E-state index is 6.14. The van der Waals surface area contributed by atoms with Crippen LogP contribution in [0.2, 0.25) is 0 Å². The van der Waals surface area contributed by atoms with Crippen molar-refractivity contribution >= 4 is 50.4 Å². The Morgan fingerprint density at radius 3 is 2.06 bits per heavy atom. The van der Waals surface area contributed by atoms with Gasteiger partial charge in [0.05, 0.1) is 0 Å². The molecule has 2 N–H and O–H groups in total. The lowest BCUT2D eigenvalue weighted by molar-refractivity contribution is 1.76. The summed E-state index contributed by atoms with van der Waals surface area (Å²) in [5.41, 5.74) is 7.00. The molecule has 0 aliphatic heterocycles. The highest BCUT2D eigenvalue weighted by Gasteiger charge is 2.09. The molecule has 4 rings (SSSR count). The number of hydrogen-bond donors (Lipinski definition) is 1. The summed E-state index contributed by atoms with van der Waals surface area (Å²) in [6, 6.07) is 19.1. The first-order valence-electron chi connectivity index (χ1n) is 5.76. The Morgan fingerprint density at radius 1 is 0.667 bits per heavy atom. The number of hydrogen-bond acceptors (Lipinski definition) is 1. The average Bonchev–Trinajstić information content (AvgIpc) is 2.37. The van der Waals surface area contributed by atoms with Crippen LogP contribution >= 0.6 is 12.4 Å². The first kappa shape index (κ1) is 11.1. The van der Waals surface area contributed by atoms with Gasteiger partial charge in [-0.25, -0.2) is 0 Å². The van der Waals surface area contributed by atoms with E-state index in [1.165, 1.54) is 26.9 Å². The minimum Gasteiger partial charge on any atom is -0.398 e. The van der Waals surface area contributed by atoms with Gasteiger partial charge in [-0.2, -0.15) is 0 Å². The molecule has 0 fully saturated rings. The zero-order chi connectivity index (χ0) is 11.4. The van der Waals surface area contributed by atoms with Crippen molar-refractivity contribution < 1.29 is 0 Å². The lowest BCUT2D eigenvalue weighted by Crippen LogP contribution is -1.90. The number of anilines is 1. The Morgan fingerprint density at radius 2 is 1.28 bits per heavy atom. The normalized spacial score (nSPS) is 11.1. The Bertz CT molecular complexity index is 851. The van der Waals surface area contributed by atoms with Gasteiger partial charge in [-0.1, -0.05) is 48.5 Å². The summed E-state index contributed by atoms with van der Waals surface area (Å²) in [6.45, 7) is 0. The molecule has 0 atom stereocenters. The predicted octanol–water partition coefficient (Wildman–Crippen LogP) is 4.59. The first-order chi connectivity index (χ1) is 8.34. The Kier molecular flexibility index (Phi) is 2.32. The summed E-state index contributed by atoms with van der Waals surface area (Å²) in [5, 5.41) is 7.55. The van der Waals surface area contributed by atoms with Crippen molar-refractivity contribution in [2.75, 3.05) is 5.73 Å². The maximum absolute atomic E-state index is 6.14. The van der Waals surface area contributed by atoms with Gasteiger partial charge in [0, 0.05) is 11.1 Å². The number of halogens is 1. The van der Waals surface area contributed by atoms with Crippen LogP contribution in [0.15, 0.2) is 54.6 Å². The molecule has 0 heterocycles. The van der Waals surface area contributed by atoms with Crippen molar-refractivity contribution in [2.24, 2.45) is 0 Å². The highest BCUT2D eigenvalue weighted by Crippen LogP contribution is 2.37. The Labute approximate surface area is 111 Å². The molecule has 0 aromatic heterocycles. The summed E-state index contributed by atoms with van der Waals surface area (Å²) in [4.78, 5) is 0. The quantitative estimate of drug-likeness (QED) is 0.360. The minimum atomic E-state index is 0. The van der Waals surface area contributed by atoms with Gasteiger partial charge >= 0.3 is 0 Å². The second-order valence-corrected chi connectivity index (χ2v) is 4.51. The van der Waals surface area contributed by atoms with Crippen LogP contribution in [0.1, 0.15) is 0 Å². The Hall–Kier alpha value is -1.99. The molecule has 4 aromatic rings. The van der Waals surface area contributed by atoms with E-state index in [1.807, 2.05) is 0 Å². The Balaban J connectivity index is 0.000001000. The van der Waals surface area contributed by atoms with Gasteiger partial charge < -0.3 is 5.73 Å². The summed E-state index contributed by atoms with van der Waals surface area (Å²) >= 11 is 0. The van der Waals surface area contributed by atoms with Crippen LogP contribution in [0, 0.1) is 0 Å². The fourth-order valence-electron chi connectivity index (χ4n) is 2.79. The average molecular weight is 254 g/mol. The molecule has 2 heteroatoms. The van der Waals surface area contributed by atoms with Crippen LogP contribution < -0.4 is 5.73 Å². The van der Waals surface area contributed by atoms with Gasteiger partial charge in [0.25, 0.3) is 0 Å². The summed E-state index contributed by atoms with van der Waals surface area (Å²) in [7, 11) is 0. The molecule has 0 aliphatic carbocycles. The molecule has 0 saturated carbocycles. The van der Waals surface area contributed by atoms with Crippen molar-refractivity contribution in [3.05, 3.63) is 54.6 Å². The third-order valence-electron chi connectivity index (χ3n) is 3.54. The number of benzene rings is 4. The minimum absolute atomic E-state index is 0. The zero-order valence-electron chi connectivity index (χ0n) is 9.68. The van der Waals surface area contributed by atoms with Crippen molar-refractivity contribution in [1.29, 1.82) is 0 Å². The molecule has 18 heavy (non-hydrogen) atoms. The number of nitrogen functional groups attached to an aromatic ring is 1. The van der Waals surface area contributed by atoms with Crippen molar-refractivity contribution in [3.8, 4) is 0 Å². The van der Waals surface area contributed by atoms with Crippen molar-refractivity contribution in [1.82, 2.24) is 0 Å². The molecule has 0 bridgehead atoms. The number of rotatable bonds is 0. The molecule has 0 spiro atoms. The van der Waals surface area contributed by atoms with Gasteiger partial charge in [0.1, 0.15) is 0 Å². The molecule has 1 nitrogen and oxygen atoms in total. The van der Waals surface area contributed by atoms with Crippen LogP contribution in [0.25, 0.3) is 32.3 Å². The van der Waals surface area contributed by atoms with E-state index in [2.05, 4.69) is 54.6 Å². The zero-order valence-corrected chi connectivity index (χ0v) is 10.5. The van der Waals surface area contributed by atoms with Gasteiger partial charge in [-0.15, -0.1) is 12.4 Å². The van der Waals surface area contributed by atoms with E-state index < -0.39 is 0 Å². The van der Waals surface area contributed by atoms with E-state index in [9.17, 15) is 0 Å². The molecule has 4 aromatic carbocycles. The summed E-state index contributed by atoms with van der Waals surface area (Å²) < 4.78 is 0. The molecule has 88 valence electrons. The fourth-order valence-corrected chi connectivity index (χ4v) is 2.79. The van der Waals surface area contributed by atoms with Crippen LogP contribution in [0.5, 0.6) is 0 Å². The molecule has 0 aliphatic rings. The molecule has 0 radical (unpaired) electrons. The monoisotopic (exact) mass is 253 g/mol. The highest BCUT2D eigenvalue weighted by molar-refractivity contribution is 6.25. The van der Waals surface area contributed by atoms with Gasteiger partial charge in [-0.3, -0.25) is 0 Å². The molecular formula is C16H12ClN. The lowest BCUT2D eigenvalue weighted by Gasteiger charge is -2.12. The van der Waals surface area contributed by atoms with Gasteiger partial charge in [-0.05, 0) is 33.0 Å².